The molecule has 3 aromatic carbocycles. The SMILES string of the molecule is Cc1cc(N2C=CN(c3ccccc3)C2)cc(C(C)(C)c2cc(C)cc(-c3cccc4c3sc3nc(C)ccc34)n2)c1. The second-order valence-corrected chi connectivity index (χ2v) is 12.9. The number of thiophene rings is 1. The van der Waals surface area contributed by atoms with E-state index in [9.17, 15) is 0 Å². The lowest BCUT2D eigenvalue weighted by Gasteiger charge is -2.29. The molecular formula is C37H34N4S. The van der Waals surface area contributed by atoms with Crippen molar-refractivity contribution in [2.75, 3.05) is 16.5 Å². The number of benzene rings is 3. The first kappa shape index (κ1) is 26.4. The van der Waals surface area contributed by atoms with E-state index in [0.29, 0.717) is 0 Å². The fraction of sp³-hybridized carbons (Fsp3) is 0.189. The van der Waals surface area contributed by atoms with Crippen LogP contribution in [-0.2, 0) is 5.41 Å². The fourth-order valence-electron chi connectivity index (χ4n) is 5.91. The van der Waals surface area contributed by atoms with Crippen LogP contribution in [-0.4, -0.2) is 16.6 Å². The standard InChI is InChI=1S/C37H34N4S/c1-24-18-27(22-29(19-24)41-17-16-40(23-41)28-10-7-6-8-11-28)37(4,5)34-21-25(2)20-33(39-34)32-13-9-12-30-31-15-14-26(3)38-36(31)42-35(30)32/h6-22H,23H2,1-5H3. The quantitative estimate of drug-likeness (QED) is 0.208. The largest absolute Gasteiger partial charge is 0.328 e. The minimum Gasteiger partial charge on any atom is -0.328 e. The van der Waals surface area contributed by atoms with Gasteiger partial charge in [-0.05, 0) is 86.0 Å². The number of aryl methyl sites for hydroxylation is 3. The van der Waals surface area contributed by atoms with E-state index in [1.807, 2.05) is 0 Å². The molecule has 5 heteroatoms. The van der Waals surface area contributed by atoms with Gasteiger partial charge in [0.15, 0.2) is 0 Å². The zero-order valence-electron chi connectivity index (χ0n) is 24.7. The van der Waals surface area contributed by atoms with Crippen molar-refractivity contribution in [2.45, 2.75) is 40.0 Å². The van der Waals surface area contributed by atoms with Gasteiger partial charge in [-0.25, -0.2) is 4.98 Å². The second-order valence-electron chi connectivity index (χ2n) is 11.9. The highest BCUT2D eigenvalue weighted by atomic mass is 32.1. The first-order valence-corrected chi connectivity index (χ1v) is 15.3. The number of hydrogen-bond acceptors (Lipinski definition) is 5. The fourth-order valence-corrected chi connectivity index (χ4v) is 7.15. The van der Waals surface area contributed by atoms with Crippen LogP contribution < -0.4 is 9.80 Å². The van der Waals surface area contributed by atoms with Gasteiger partial charge in [-0.1, -0.05) is 56.3 Å². The average molecular weight is 567 g/mol. The lowest BCUT2D eigenvalue weighted by molar-refractivity contribution is 0.616. The zero-order valence-corrected chi connectivity index (χ0v) is 25.5. The van der Waals surface area contributed by atoms with E-state index >= 15 is 0 Å². The van der Waals surface area contributed by atoms with Crippen LogP contribution in [0, 0.1) is 20.8 Å². The van der Waals surface area contributed by atoms with Crippen molar-refractivity contribution >= 4 is 43.0 Å². The molecule has 42 heavy (non-hydrogen) atoms. The molecule has 0 unspecified atom stereocenters. The molecule has 0 aliphatic carbocycles. The molecule has 0 radical (unpaired) electrons. The van der Waals surface area contributed by atoms with Gasteiger partial charge >= 0.3 is 0 Å². The predicted octanol–water partition coefficient (Wildman–Crippen LogP) is 9.52. The first-order chi connectivity index (χ1) is 20.3. The minimum atomic E-state index is -0.295. The maximum Gasteiger partial charge on any atom is 0.124 e. The van der Waals surface area contributed by atoms with E-state index in [1.54, 1.807) is 11.3 Å². The minimum absolute atomic E-state index is 0.295. The Balaban J connectivity index is 1.26. The van der Waals surface area contributed by atoms with Crippen LogP contribution in [0.5, 0.6) is 0 Å². The number of nitrogens with zero attached hydrogens (tertiary/aromatic N) is 4. The summed E-state index contributed by atoms with van der Waals surface area (Å²) >= 11 is 1.76. The van der Waals surface area contributed by atoms with Gasteiger partial charge < -0.3 is 9.80 Å². The number of hydrogen-bond donors (Lipinski definition) is 0. The third-order valence-electron chi connectivity index (χ3n) is 8.32. The molecule has 1 aliphatic rings. The van der Waals surface area contributed by atoms with Crippen molar-refractivity contribution in [3.8, 4) is 11.3 Å². The zero-order chi connectivity index (χ0) is 29.0. The Hall–Kier alpha value is -4.48. The van der Waals surface area contributed by atoms with Gasteiger partial charge in [-0.3, -0.25) is 4.98 Å². The number of anilines is 2. The number of rotatable bonds is 5. The third kappa shape index (κ3) is 4.64. The Kier molecular flexibility index (Phi) is 6.36. The van der Waals surface area contributed by atoms with Crippen LogP contribution in [0.3, 0.4) is 0 Å². The summed E-state index contributed by atoms with van der Waals surface area (Å²) in [5, 5.41) is 2.46. The summed E-state index contributed by atoms with van der Waals surface area (Å²) in [4.78, 5) is 15.8. The highest BCUT2D eigenvalue weighted by Crippen LogP contribution is 2.41. The molecule has 0 N–H and O–H groups in total. The van der Waals surface area contributed by atoms with Gasteiger partial charge in [0.25, 0.3) is 0 Å². The summed E-state index contributed by atoms with van der Waals surface area (Å²) in [6.45, 7) is 11.8. The number of fused-ring (bicyclic) bond motifs is 3. The first-order valence-electron chi connectivity index (χ1n) is 14.4. The Bertz CT molecular complexity index is 1990. The van der Waals surface area contributed by atoms with E-state index in [2.05, 4.69) is 148 Å². The molecule has 1 aliphatic heterocycles. The summed E-state index contributed by atoms with van der Waals surface area (Å²) in [7, 11) is 0. The highest BCUT2D eigenvalue weighted by molar-refractivity contribution is 7.26. The van der Waals surface area contributed by atoms with E-state index in [-0.39, 0.29) is 5.41 Å². The maximum atomic E-state index is 5.35. The molecular weight excluding hydrogens is 533 g/mol. The number of para-hydroxylation sites is 1. The molecule has 0 fully saturated rings. The molecule has 0 saturated carbocycles. The summed E-state index contributed by atoms with van der Waals surface area (Å²) in [5.74, 6) is 0. The van der Waals surface area contributed by atoms with Crippen molar-refractivity contribution in [3.05, 3.63) is 131 Å². The summed E-state index contributed by atoms with van der Waals surface area (Å²) in [5.41, 5.74) is 10.1. The van der Waals surface area contributed by atoms with Crippen LogP contribution >= 0.6 is 11.3 Å². The van der Waals surface area contributed by atoms with Gasteiger partial charge in [0, 0.05) is 55.9 Å². The molecule has 4 heterocycles. The Labute approximate surface area is 251 Å². The van der Waals surface area contributed by atoms with Gasteiger partial charge in [0.2, 0.25) is 0 Å². The van der Waals surface area contributed by atoms with E-state index in [4.69, 9.17) is 9.97 Å². The Morgan fingerprint density at radius 2 is 1.45 bits per heavy atom. The normalized spacial score (nSPS) is 13.5. The molecule has 0 spiro atoms. The molecule has 0 bridgehead atoms. The van der Waals surface area contributed by atoms with Gasteiger partial charge in [-0.2, -0.15) is 0 Å². The lowest BCUT2D eigenvalue weighted by Crippen LogP contribution is -2.26. The molecule has 6 aromatic rings. The van der Waals surface area contributed by atoms with E-state index in [0.717, 1.165) is 28.6 Å². The molecule has 208 valence electrons. The predicted molar refractivity (Wildman–Crippen MR) is 179 cm³/mol. The van der Waals surface area contributed by atoms with Gasteiger partial charge in [0.05, 0.1) is 18.1 Å². The number of pyridine rings is 2. The van der Waals surface area contributed by atoms with Gasteiger partial charge in [0.1, 0.15) is 4.83 Å². The third-order valence-corrected chi connectivity index (χ3v) is 9.47. The lowest BCUT2D eigenvalue weighted by atomic mass is 9.79. The monoisotopic (exact) mass is 566 g/mol. The highest BCUT2D eigenvalue weighted by Gasteiger charge is 2.28. The Morgan fingerprint density at radius 1 is 0.690 bits per heavy atom. The van der Waals surface area contributed by atoms with Crippen LogP contribution in [0.1, 0.15) is 41.9 Å². The summed E-state index contributed by atoms with van der Waals surface area (Å²) in [6, 6.07) is 32.7. The van der Waals surface area contributed by atoms with Crippen molar-refractivity contribution in [1.29, 1.82) is 0 Å². The van der Waals surface area contributed by atoms with Crippen molar-refractivity contribution in [2.24, 2.45) is 0 Å². The molecule has 0 amide bonds. The summed E-state index contributed by atoms with van der Waals surface area (Å²) < 4.78 is 1.24. The molecule has 7 rings (SSSR count). The average Bonchev–Trinajstić information content (AvgIpc) is 3.62. The van der Waals surface area contributed by atoms with Crippen molar-refractivity contribution in [3.63, 3.8) is 0 Å². The van der Waals surface area contributed by atoms with Crippen molar-refractivity contribution in [1.82, 2.24) is 9.97 Å². The Morgan fingerprint density at radius 3 is 2.26 bits per heavy atom. The number of aromatic nitrogens is 2. The molecule has 3 aromatic heterocycles. The summed E-state index contributed by atoms with van der Waals surface area (Å²) in [6.07, 6.45) is 4.33. The van der Waals surface area contributed by atoms with Crippen LogP contribution in [0.25, 0.3) is 31.6 Å². The second kappa shape index (κ2) is 10.1. The van der Waals surface area contributed by atoms with E-state index < -0.39 is 0 Å². The smallest absolute Gasteiger partial charge is 0.124 e. The maximum absolute atomic E-state index is 5.35. The molecule has 0 saturated heterocycles. The van der Waals surface area contributed by atoms with Gasteiger partial charge in [-0.15, -0.1) is 11.3 Å². The van der Waals surface area contributed by atoms with Crippen LogP contribution in [0.2, 0.25) is 0 Å². The molecule has 0 atom stereocenters. The van der Waals surface area contributed by atoms with Crippen LogP contribution in [0.15, 0.2) is 103 Å². The van der Waals surface area contributed by atoms with Crippen LogP contribution in [0.4, 0.5) is 11.4 Å². The van der Waals surface area contributed by atoms with E-state index in [1.165, 1.54) is 49.1 Å². The topological polar surface area (TPSA) is 32.3 Å². The molecule has 4 nitrogen and oxygen atoms in total. The van der Waals surface area contributed by atoms with Crippen molar-refractivity contribution < 1.29 is 0 Å².